The number of Topliss-reactive ketones (excluding diaryl/α,β-unsaturated/α-hetero) is 2. The van der Waals surface area contributed by atoms with Gasteiger partial charge in [-0.15, -0.1) is 0 Å². The van der Waals surface area contributed by atoms with Gasteiger partial charge in [-0.2, -0.15) is 0 Å². The van der Waals surface area contributed by atoms with Gasteiger partial charge in [-0.1, -0.05) is 23.2 Å². The lowest BCUT2D eigenvalue weighted by molar-refractivity contribution is 0.0990. The van der Waals surface area contributed by atoms with Crippen LogP contribution in [0.15, 0.2) is 35.9 Å². The Kier molecular flexibility index (Phi) is 3.43. The lowest BCUT2D eigenvalue weighted by atomic mass is 10.1. The van der Waals surface area contributed by atoms with Crippen LogP contribution in [-0.2, 0) is 0 Å². The lowest BCUT2D eigenvalue weighted by Gasteiger charge is -2.02. The number of carbonyl (C=O) groups excluding carboxylic acids is 2. The lowest BCUT2D eigenvalue weighted by Crippen LogP contribution is -2.00. The number of nitrogen functional groups attached to an aromatic ring is 1. The number of phenols is 1. The van der Waals surface area contributed by atoms with Crippen molar-refractivity contribution in [3.05, 3.63) is 62.6 Å². The maximum absolute atomic E-state index is 12.3. The summed E-state index contributed by atoms with van der Waals surface area (Å²) in [5, 5.41) is 9.62. The van der Waals surface area contributed by atoms with Crippen LogP contribution in [0, 0.1) is 0 Å². The highest BCUT2D eigenvalue weighted by Gasteiger charge is 2.33. The molecule has 0 spiro atoms. The van der Waals surface area contributed by atoms with E-state index in [1.807, 2.05) is 0 Å². The van der Waals surface area contributed by atoms with Crippen molar-refractivity contribution in [1.82, 2.24) is 0 Å². The zero-order valence-corrected chi connectivity index (χ0v) is 12.6. The van der Waals surface area contributed by atoms with Crippen LogP contribution in [0.25, 0.3) is 6.08 Å². The van der Waals surface area contributed by atoms with Gasteiger partial charge in [0.15, 0.2) is 17.3 Å². The number of phenolic OH excluding ortho intramolecular Hbond substituents is 1. The third-order valence-corrected chi connectivity index (χ3v) is 3.95. The minimum absolute atomic E-state index is 0.0124. The van der Waals surface area contributed by atoms with Crippen LogP contribution in [-0.4, -0.2) is 16.7 Å². The van der Waals surface area contributed by atoms with Crippen molar-refractivity contribution in [2.24, 2.45) is 0 Å². The van der Waals surface area contributed by atoms with E-state index in [0.29, 0.717) is 16.8 Å². The first-order chi connectivity index (χ1) is 10.4. The molecule has 1 aliphatic carbocycles. The molecule has 0 bridgehead atoms. The summed E-state index contributed by atoms with van der Waals surface area (Å²) in [7, 11) is 0. The third kappa shape index (κ3) is 2.26. The van der Waals surface area contributed by atoms with Gasteiger partial charge in [0.2, 0.25) is 0 Å². The molecule has 0 saturated heterocycles. The molecule has 0 radical (unpaired) electrons. The number of ketones is 2. The number of fused-ring (bicyclic) bond motifs is 1. The normalized spacial score (nSPS) is 15.5. The van der Waals surface area contributed by atoms with Gasteiger partial charge in [-0.05, 0) is 42.0 Å². The second-order valence-electron chi connectivity index (χ2n) is 4.85. The molecule has 0 aromatic heterocycles. The molecular weight excluding hydrogens is 325 g/mol. The highest BCUT2D eigenvalue weighted by Crippen LogP contribution is 2.35. The van der Waals surface area contributed by atoms with E-state index in [-0.39, 0.29) is 32.7 Å². The predicted molar refractivity (Wildman–Crippen MR) is 85.6 cm³/mol. The van der Waals surface area contributed by atoms with Gasteiger partial charge in [0.25, 0.3) is 0 Å². The van der Waals surface area contributed by atoms with Crippen molar-refractivity contribution in [2.45, 2.75) is 0 Å². The first kappa shape index (κ1) is 14.6. The molecule has 0 amide bonds. The van der Waals surface area contributed by atoms with E-state index in [9.17, 15) is 14.7 Å². The molecule has 0 aliphatic heterocycles. The predicted octanol–water partition coefficient (Wildman–Crippen LogP) is 3.74. The molecule has 1 aliphatic rings. The summed E-state index contributed by atoms with van der Waals surface area (Å²) in [6.07, 6.45) is 1.40. The molecule has 3 rings (SSSR count). The number of anilines is 1. The largest absolute Gasteiger partial charge is 0.505 e. The second-order valence-corrected chi connectivity index (χ2v) is 5.67. The monoisotopic (exact) mass is 333 g/mol. The van der Waals surface area contributed by atoms with Crippen LogP contribution in [0.1, 0.15) is 26.3 Å². The molecule has 110 valence electrons. The summed E-state index contributed by atoms with van der Waals surface area (Å²) in [4.78, 5) is 24.7. The molecule has 0 saturated carbocycles. The number of hydrogen-bond acceptors (Lipinski definition) is 4. The molecular formula is C16H9Cl2NO3. The van der Waals surface area contributed by atoms with Gasteiger partial charge in [0, 0.05) is 16.8 Å². The fraction of sp³-hybridized carbons (Fsp3) is 0. The van der Waals surface area contributed by atoms with E-state index >= 15 is 0 Å². The van der Waals surface area contributed by atoms with Gasteiger partial charge < -0.3 is 10.8 Å². The number of benzene rings is 2. The summed E-state index contributed by atoms with van der Waals surface area (Å²) in [5.74, 6) is -1.02. The van der Waals surface area contributed by atoms with Crippen LogP contribution in [0.5, 0.6) is 5.75 Å². The first-order valence-electron chi connectivity index (χ1n) is 6.27. The molecule has 6 heteroatoms. The van der Waals surface area contributed by atoms with Crippen LogP contribution >= 0.6 is 23.2 Å². The van der Waals surface area contributed by atoms with E-state index in [4.69, 9.17) is 28.9 Å². The van der Waals surface area contributed by atoms with Crippen LogP contribution in [0.3, 0.4) is 0 Å². The molecule has 2 aromatic rings. The standard InChI is InChI=1S/C16H9Cl2NO3/c17-12-4-7(5-13(18)16(12)22)3-11-14(20)9-2-1-8(19)6-10(9)15(11)21/h1-6,22H,19H2. The molecule has 0 unspecified atom stereocenters. The minimum atomic E-state index is -0.396. The fourth-order valence-corrected chi connectivity index (χ4v) is 2.81. The Labute approximate surface area is 135 Å². The molecule has 0 fully saturated rings. The summed E-state index contributed by atoms with van der Waals surface area (Å²) >= 11 is 11.7. The van der Waals surface area contributed by atoms with Crippen molar-refractivity contribution in [1.29, 1.82) is 0 Å². The van der Waals surface area contributed by atoms with E-state index < -0.39 is 5.78 Å². The molecule has 3 N–H and O–H groups in total. The van der Waals surface area contributed by atoms with Gasteiger partial charge in [-0.25, -0.2) is 0 Å². The van der Waals surface area contributed by atoms with Gasteiger partial charge in [-0.3, -0.25) is 9.59 Å². The van der Waals surface area contributed by atoms with E-state index in [1.54, 1.807) is 6.07 Å². The maximum Gasteiger partial charge on any atom is 0.197 e. The molecule has 0 heterocycles. The van der Waals surface area contributed by atoms with Crippen molar-refractivity contribution in [3.8, 4) is 5.75 Å². The minimum Gasteiger partial charge on any atom is -0.505 e. The summed E-state index contributed by atoms with van der Waals surface area (Å²) < 4.78 is 0. The number of aromatic hydroxyl groups is 1. The Morgan fingerprint density at radius 1 is 0.955 bits per heavy atom. The highest BCUT2D eigenvalue weighted by atomic mass is 35.5. The van der Waals surface area contributed by atoms with Crippen molar-refractivity contribution in [3.63, 3.8) is 0 Å². The molecule has 0 atom stereocenters. The van der Waals surface area contributed by atoms with Gasteiger partial charge >= 0.3 is 0 Å². The third-order valence-electron chi connectivity index (χ3n) is 3.37. The van der Waals surface area contributed by atoms with Crippen molar-refractivity contribution >= 4 is 46.5 Å². The average molecular weight is 334 g/mol. The highest BCUT2D eigenvalue weighted by molar-refractivity contribution is 6.42. The molecule has 4 nitrogen and oxygen atoms in total. The molecule has 2 aromatic carbocycles. The number of rotatable bonds is 1. The Hall–Kier alpha value is -2.30. The van der Waals surface area contributed by atoms with E-state index in [0.717, 1.165) is 0 Å². The first-order valence-corrected chi connectivity index (χ1v) is 7.02. The topological polar surface area (TPSA) is 80.4 Å². The number of nitrogens with two attached hydrogens (primary N) is 1. The molecule has 22 heavy (non-hydrogen) atoms. The number of hydrogen-bond donors (Lipinski definition) is 2. The number of allylic oxidation sites excluding steroid dienone is 1. The fourth-order valence-electron chi connectivity index (χ4n) is 2.31. The summed E-state index contributed by atoms with van der Waals surface area (Å²) in [6, 6.07) is 7.43. The Morgan fingerprint density at radius 2 is 1.55 bits per heavy atom. The second kappa shape index (κ2) is 5.16. The van der Waals surface area contributed by atoms with Crippen LogP contribution < -0.4 is 5.73 Å². The number of carbonyl (C=O) groups is 2. The summed E-state index contributed by atoms with van der Waals surface area (Å²) in [5.41, 5.74) is 7.13. The Bertz CT molecular complexity index is 849. The zero-order valence-electron chi connectivity index (χ0n) is 11.1. The zero-order chi connectivity index (χ0) is 16.0. The van der Waals surface area contributed by atoms with Crippen LogP contribution in [0.4, 0.5) is 5.69 Å². The van der Waals surface area contributed by atoms with Crippen molar-refractivity contribution < 1.29 is 14.7 Å². The Balaban J connectivity index is 2.11. The van der Waals surface area contributed by atoms with Gasteiger partial charge in [0.1, 0.15) is 0 Å². The quantitative estimate of drug-likeness (QED) is 0.473. The average Bonchev–Trinajstić information content (AvgIpc) is 2.69. The Morgan fingerprint density at radius 3 is 2.18 bits per heavy atom. The van der Waals surface area contributed by atoms with E-state index in [1.165, 1.54) is 30.3 Å². The smallest absolute Gasteiger partial charge is 0.197 e. The van der Waals surface area contributed by atoms with Crippen LogP contribution in [0.2, 0.25) is 10.0 Å². The maximum atomic E-state index is 12.3. The van der Waals surface area contributed by atoms with E-state index in [2.05, 4.69) is 0 Å². The summed E-state index contributed by atoms with van der Waals surface area (Å²) in [6.45, 7) is 0. The van der Waals surface area contributed by atoms with Gasteiger partial charge in [0.05, 0.1) is 15.6 Å². The van der Waals surface area contributed by atoms with Crippen molar-refractivity contribution in [2.75, 3.05) is 5.73 Å². The SMILES string of the molecule is Nc1ccc2c(c1)C(=O)C(=Cc1cc(Cl)c(O)c(Cl)c1)C2=O. The number of halogens is 2.